The Morgan fingerprint density at radius 3 is 2.86 bits per heavy atom. The normalized spacial score (nSPS) is 11.2. The number of oxazole rings is 1. The van der Waals surface area contributed by atoms with Gasteiger partial charge in [0.15, 0.2) is 11.5 Å². The van der Waals surface area contributed by atoms with Gasteiger partial charge >= 0.3 is 0 Å². The van der Waals surface area contributed by atoms with E-state index in [2.05, 4.69) is 36.1 Å². The van der Waals surface area contributed by atoms with Crippen molar-refractivity contribution in [2.24, 2.45) is 0 Å². The zero-order valence-electron chi connectivity index (χ0n) is 12.6. The van der Waals surface area contributed by atoms with Gasteiger partial charge in [-0.2, -0.15) is 0 Å². The van der Waals surface area contributed by atoms with Gasteiger partial charge < -0.3 is 9.73 Å². The number of rotatable bonds is 4. The van der Waals surface area contributed by atoms with Crippen molar-refractivity contribution in [2.75, 3.05) is 5.32 Å². The van der Waals surface area contributed by atoms with Gasteiger partial charge in [0.05, 0.1) is 0 Å². The molecule has 0 saturated heterocycles. The quantitative estimate of drug-likeness (QED) is 0.776. The fourth-order valence-corrected chi connectivity index (χ4v) is 2.18. The first kappa shape index (κ1) is 13.6. The van der Waals surface area contributed by atoms with Crippen LogP contribution in [0.25, 0.3) is 11.1 Å². The number of nitrogens with one attached hydrogen (secondary N) is 1. The number of hydrogen-bond donors (Lipinski definition) is 1. The minimum absolute atomic E-state index is 0.298. The molecule has 0 aliphatic heterocycles. The molecule has 1 aromatic carbocycles. The number of anilines is 1. The predicted octanol–water partition coefficient (Wildman–Crippen LogP) is 4.27. The molecule has 3 aromatic rings. The number of benzene rings is 1. The van der Waals surface area contributed by atoms with Gasteiger partial charge in [0.2, 0.25) is 0 Å². The lowest BCUT2D eigenvalue weighted by Gasteiger charge is -2.08. The number of aromatic nitrogens is 2. The van der Waals surface area contributed by atoms with Crippen LogP contribution in [0.1, 0.15) is 36.8 Å². The summed E-state index contributed by atoms with van der Waals surface area (Å²) in [6, 6.07) is 8.03. The molecule has 0 aliphatic rings. The highest BCUT2D eigenvalue weighted by atomic mass is 16.3. The summed E-state index contributed by atoms with van der Waals surface area (Å²) in [7, 11) is 0. The summed E-state index contributed by atoms with van der Waals surface area (Å²) in [4.78, 5) is 8.69. The van der Waals surface area contributed by atoms with Gasteiger partial charge in [-0.05, 0) is 42.3 Å². The van der Waals surface area contributed by atoms with Crippen LogP contribution in [0.15, 0.2) is 41.1 Å². The van der Waals surface area contributed by atoms with Crippen molar-refractivity contribution in [1.29, 1.82) is 0 Å². The molecule has 0 amide bonds. The highest BCUT2D eigenvalue weighted by Crippen LogP contribution is 2.24. The Balaban J connectivity index is 1.80. The topological polar surface area (TPSA) is 51.0 Å². The zero-order valence-corrected chi connectivity index (χ0v) is 12.6. The van der Waals surface area contributed by atoms with E-state index in [-0.39, 0.29) is 0 Å². The van der Waals surface area contributed by atoms with E-state index in [1.54, 1.807) is 0 Å². The summed E-state index contributed by atoms with van der Waals surface area (Å²) in [5.74, 6) is 1.08. The minimum atomic E-state index is 0.298. The summed E-state index contributed by atoms with van der Waals surface area (Å²) in [5, 5.41) is 3.41. The van der Waals surface area contributed by atoms with Crippen molar-refractivity contribution in [3.63, 3.8) is 0 Å². The monoisotopic (exact) mass is 281 g/mol. The molecule has 0 bridgehead atoms. The molecule has 2 aromatic heterocycles. The largest absolute Gasteiger partial charge is 0.440 e. The highest BCUT2D eigenvalue weighted by molar-refractivity contribution is 5.77. The van der Waals surface area contributed by atoms with Crippen LogP contribution in [0.4, 0.5) is 5.69 Å². The Morgan fingerprint density at radius 2 is 2.10 bits per heavy atom. The minimum Gasteiger partial charge on any atom is -0.440 e. The average molecular weight is 281 g/mol. The van der Waals surface area contributed by atoms with Gasteiger partial charge in [-0.25, -0.2) is 4.98 Å². The Morgan fingerprint density at radius 1 is 1.24 bits per heavy atom. The van der Waals surface area contributed by atoms with E-state index in [1.807, 2.05) is 36.7 Å². The molecule has 2 heterocycles. The molecule has 0 saturated carbocycles. The predicted molar refractivity (Wildman–Crippen MR) is 84.4 cm³/mol. The lowest BCUT2D eigenvalue weighted by molar-refractivity contribution is 0.501. The first-order valence-electron chi connectivity index (χ1n) is 7.17. The summed E-state index contributed by atoms with van der Waals surface area (Å²) >= 11 is 0. The van der Waals surface area contributed by atoms with Crippen LogP contribution in [-0.4, -0.2) is 9.97 Å². The van der Waals surface area contributed by atoms with E-state index in [9.17, 15) is 0 Å². The molecule has 3 rings (SSSR count). The van der Waals surface area contributed by atoms with Crippen LogP contribution >= 0.6 is 0 Å². The van der Waals surface area contributed by atoms with Crippen molar-refractivity contribution in [3.05, 3.63) is 53.7 Å². The molecule has 0 radical (unpaired) electrons. The van der Waals surface area contributed by atoms with Gasteiger partial charge in [0.25, 0.3) is 0 Å². The van der Waals surface area contributed by atoms with Crippen LogP contribution < -0.4 is 5.32 Å². The Hall–Kier alpha value is -2.36. The van der Waals surface area contributed by atoms with Crippen molar-refractivity contribution >= 4 is 16.8 Å². The summed E-state index contributed by atoms with van der Waals surface area (Å²) in [6.45, 7) is 7.00. The van der Waals surface area contributed by atoms with Crippen molar-refractivity contribution in [1.82, 2.24) is 9.97 Å². The third-order valence-corrected chi connectivity index (χ3v) is 3.53. The lowest BCUT2D eigenvalue weighted by atomic mass is 10.1. The Kier molecular flexibility index (Phi) is 3.60. The van der Waals surface area contributed by atoms with Gasteiger partial charge in [0.1, 0.15) is 5.52 Å². The van der Waals surface area contributed by atoms with E-state index >= 15 is 0 Å². The average Bonchev–Trinajstić information content (AvgIpc) is 2.90. The van der Waals surface area contributed by atoms with Crippen molar-refractivity contribution in [2.45, 2.75) is 33.2 Å². The second kappa shape index (κ2) is 5.56. The molecule has 1 N–H and O–H groups in total. The first-order valence-corrected chi connectivity index (χ1v) is 7.17. The summed E-state index contributed by atoms with van der Waals surface area (Å²) in [5.41, 5.74) is 5.20. The van der Waals surface area contributed by atoms with Gasteiger partial charge in [0, 0.05) is 30.5 Å². The zero-order chi connectivity index (χ0) is 14.8. The molecule has 0 atom stereocenters. The van der Waals surface area contributed by atoms with Crippen molar-refractivity contribution in [3.8, 4) is 0 Å². The number of fused-ring (bicyclic) bond motifs is 1. The van der Waals surface area contributed by atoms with E-state index in [0.29, 0.717) is 5.92 Å². The molecular weight excluding hydrogens is 262 g/mol. The molecule has 0 aliphatic carbocycles. The molecule has 108 valence electrons. The maximum atomic E-state index is 5.72. The SMILES string of the molecule is Cc1ccncc1CNc1ccc2oc(C(C)C)nc2c1. The molecule has 4 heteroatoms. The molecule has 0 fully saturated rings. The van der Waals surface area contributed by atoms with Crippen LogP contribution in [0.3, 0.4) is 0 Å². The second-order valence-electron chi connectivity index (χ2n) is 5.55. The third kappa shape index (κ3) is 2.89. The number of aryl methyl sites for hydroxylation is 1. The van der Waals surface area contributed by atoms with Gasteiger partial charge in [-0.1, -0.05) is 13.8 Å². The van der Waals surface area contributed by atoms with Gasteiger partial charge in [-0.15, -0.1) is 0 Å². The maximum absolute atomic E-state index is 5.72. The Labute approximate surface area is 124 Å². The van der Waals surface area contributed by atoms with Crippen LogP contribution in [0.5, 0.6) is 0 Å². The first-order chi connectivity index (χ1) is 10.1. The summed E-state index contributed by atoms with van der Waals surface area (Å²) < 4.78 is 5.72. The Bertz CT molecular complexity index is 762. The molecule has 0 spiro atoms. The van der Waals surface area contributed by atoms with E-state index < -0.39 is 0 Å². The second-order valence-corrected chi connectivity index (χ2v) is 5.55. The van der Waals surface area contributed by atoms with E-state index in [0.717, 1.165) is 29.2 Å². The number of nitrogens with zero attached hydrogens (tertiary/aromatic N) is 2. The molecule has 21 heavy (non-hydrogen) atoms. The van der Waals surface area contributed by atoms with Crippen LogP contribution in [-0.2, 0) is 6.54 Å². The van der Waals surface area contributed by atoms with Gasteiger partial charge in [-0.3, -0.25) is 4.98 Å². The van der Waals surface area contributed by atoms with E-state index in [4.69, 9.17) is 4.42 Å². The smallest absolute Gasteiger partial charge is 0.198 e. The number of hydrogen-bond acceptors (Lipinski definition) is 4. The van der Waals surface area contributed by atoms with E-state index in [1.165, 1.54) is 11.1 Å². The fraction of sp³-hybridized carbons (Fsp3) is 0.294. The molecule has 4 nitrogen and oxygen atoms in total. The summed E-state index contributed by atoms with van der Waals surface area (Å²) in [6.07, 6.45) is 3.71. The van der Waals surface area contributed by atoms with Crippen LogP contribution in [0, 0.1) is 6.92 Å². The highest BCUT2D eigenvalue weighted by Gasteiger charge is 2.09. The standard InChI is InChI=1S/C17H19N3O/c1-11(2)17-20-15-8-14(4-5-16(15)21-17)19-10-13-9-18-7-6-12(13)3/h4-9,11,19H,10H2,1-3H3. The fourth-order valence-electron chi connectivity index (χ4n) is 2.18. The van der Waals surface area contributed by atoms with Crippen LogP contribution in [0.2, 0.25) is 0 Å². The molecular formula is C17H19N3O. The van der Waals surface area contributed by atoms with Crippen molar-refractivity contribution < 1.29 is 4.42 Å². The maximum Gasteiger partial charge on any atom is 0.198 e. The third-order valence-electron chi connectivity index (χ3n) is 3.53. The molecule has 0 unspecified atom stereocenters. The lowest BCUT2D eigenvalue weighted by Crippen LogP contribution is -2.01. The number of pyridine rings is 1.